The summed E-state index contributed by atoms with van der Waals surface area (Å²) in [5.41, 5.74) is 0.524. The molecule has 0 atom stereocenters. The van der Waals surface area contributed by atoms with Gasteiger partial charge >= 0.3 is 5.97 Å². The van der Waals surface area contributed by atoms with Crippen molar-refractivity contribution in [2.75, 3.05) is 15.8 Å². The highest BCUT2D eigenvalue weighted by molar-refractivity contribution is 8.00. The van der Waals surface area contributed by atoms with Crippen molar-refractivity contribution < 1.29 is 23.1 Å². The fraction of sp³-hybridized carbons (Fsp3) is 0.0476. The van der Waals surface area contributed by atoms with E-state index in [1.54, 1.807) is 24.3 Å². The maximum absolute atomic E-state index is 12.8. The monoisotopic (exact) mass is 510 g/mol. The van der Waals surface area contributed by atoms with Crippen LogP contribution in [0.25, 0.3) is 0 Å². The molecular formula is C21H16Cl2N2O5S2. The first kappa shape index (κ1) is 23.9. The van der Waals surface area contributed by atoms with Crippen LogP contribution in [0.1, 0.15) is 10.4 Å². The third-order valence-corrected chi connectivity index (χ3v) is 6.93. The average Bonchev–Trinajstić information content (AvgIpc) is 2.74. The lowest BCUT2D eigenvalue weighted by Crippen LogP contribution is -2.18. The molecule has 3 N–H and O–H groups in total. The number of nitrogens with one attached hydrogen (secondary N) is 2. The number of hydrogen-bond acceptors (Lipinski definition) is 5. The highest BCUT2D eigenvalue weighted by atomic mass is 35.5. The van der Waals surface area contributed by atoms with E-state index in [9.17, 15) is 18.0 Å². The van der Waals surface area contributed by atoms with Gasteiger partial charge in [-0.15, -0.1) is 11.8 Å². The van der Waals surface area contributed by atoms with E-state index in [-0.39, 0.29) is 26.9 Å². The minimum atomic E-state index is -3.97. The molecule has 0 spiro atoms. The summed E-state index contributed by atoms with van der Waals surface area (Å²) in [5, 5.41) is 12.1. The van der Waals surface area contributed by atoms with Gasteiger partial charge in [-0.05, 0) is 66.7 Å². The summed E-state index contributed by atoms with van der Waals surface area (Å²) in [6.07, 6.45) is 0. The van der Waals surface area contributed by atoms with Gasteiger partial charge in [0.05, 0.1) is 21.9 Å². The van der Waals surface area contributed by atoms with E-state index in [4.69, 9.17) is 28.3 Å². The summed E-state index contributed by atoms with van der Waals surface area (Å²) in [6, 6.07) is 16.4. The predicted molar refractivity (Wildman–Crippen MR) is 126 cm³/mol. The Labute approximate surface area is 198 Å². The second-order valence-electron chi connectivity index (χ2n) is 6.41. The summed E-state index contributed by atoms with van der Waals surface area (Å²) in [4.78, 5) is 24.2. The summed E-state index contributed by atoms with van der Waals surface area (Å²) in [5.74, 6) is -1.58. The third-order valence-electron chi connectivity index (χ3n) is 4.07. The van der Waals surface area contributed by atoms with E-state index in [2.05, 4.69) is 10.0 Å². The van der Waals surface area contributed by atoms with Gasteiger partial charge in [-0.1, -0.05) is 23.2 Å². The number of hydrogen-bond donors (Lipinski definition) is 3. The van der Waals surface area contributed by atoms with Gasteiger partial charge in [0.2, 0.25) is 0 Å². The minimum absolute atomic E-state index is 0.0161. The van der Waals surface area contributed by atoms with E-state index in [0.717, 1.165) is 16.7 Å². The van der Waals surface area contributed by atoms with Crippen LogP contribution >= 0.6 is 35.0 Å². The van der Waals surface area contributed by atoms with E-state index in [1.807, 2.05) is 0 Å². The number of aliphatic carboxylic acids is 1. The molecular weight excluding hydrogens is 495 g/mol. The van der Waals surface area contributed by atoms with Crippen molar-refractivity contribution in [3.8, 4) is 0 Å². The first-order valence-electron chi connectivity index (χ1n) is 8.98. The van der Waals surface area contributed by atoms with Crippen LogP contribution in [0.4, 0.5) is 11.4 Å². The van der Waals surface area contributed by atoms with Gasteiger partial charge in [0, 0.05) is 20.6 Å². The maximum Gasteiger partial charge on any atom is 0.313 e. The van der Waals surface area contributed by atoms with Crippen molar-refractivity contribution in [1.29, 1.82) is 0 Å². The number of carboxylic acid groups (broad SMARTS) is 1. The zero-order chi connectivity index (χ0) is 23.3. The molecule has 7 nitrogen and oxygen atoms in total. The van der Waals surface area contributed by atoms with Crippen molar-refractivity contribution in [2.24, 2.45) is 0 Å². The Morgan fingerprint density at radius 2 is 1.53 bits per heavy atom. The normalized spacial score (nSPS) is 11.1. The smallest absolute Gasteiger partial charge is 0.313 e. The van der Waals surface area contributed by atoms with Gasteiger partial charge in [-0.2, -0.15) is 0 Å². The van der Waals surface area contributed by atoms with Crippen molar-refractivity contribution in [2.45, 2.75) is 9.79 Å². The summed E-state index contributed by atoms with van der Waals surface area (Å²) < 4.78 is 27.8. The average molecular weight is 511 g/mol. The lowest BCUT2D eigenvalue weighted by atomic mass is 10.1. The molecule has 3 aromatic carbocycles. The fourth-order valence-electron chi connectivity index (χ4n) is 2.59. The molecule has 0 aliphatic heterocycles. The standard InChI is InChI=1S/C21H16Cl2N2O5S2/c22-13-1-8-17(9-2-13)32(29,30)25-19-10-3-14(23)11-18(19)21(28)24-15-4-6-16(7-5-15)31-12-20(26)27/h1-11,25H,12H2,(H,24,28)(H,26,27). The minimum Gasteiger partial charge on any atom is -0.481 e. The van der Waals surface area contributed by atoms with Gasteiger partial charge in [0.25, 0.3) is 15.9 Å². The number of carbonyl (C=O) groups is 2. The van der Waals surface area contributed by atoms with Crippen molar-refractivity contribution >= 4 is 68.2 Å². The molecule has 0 aromatic heterocycles. The Hall–Kier alpha value is -2.72. The number of sulfonamides is 1. The quantitative estimate of drug-likeness (QED) is 0.358. The molecule has 0 saturated heterocycles. The number of carboxylic acids is 1. The molecule has 11 heteroatoms. The number of benzene rings is 3. The largest absolute Gasteiger partial charge is 0.481 e. The SMILES string of the molecule is O=C(O)CSc1ccc(NC(=O)c2cc(Cl)ccc2NS(=O)(=O)c2ccc(Cl)cc2)cc1. The van der Waals surface area contributed by atoms with E-state index in [0.29, 0.717) is 10.7 Å². The van der Waals surface area contributed by atoms with Gasteiger partial charge in [-0.25, -0.2) is 8.42 Å². The van der Waals surface area contributed by atoms with Crippen molar-refractivity contribution in [3.05, 3.63) is 82.3 Å². The molecule has 1 amide bonds. The number of amides is 1. The second-order valence-corrected chi connectivity index (χ2v) is 10.0. The molecule has 3 rings (SSSR count). The van der Waals surface area contributed by atoms with Gasteiger partial charge < -0.3 is 10.4 Å². The molecule has 32 heavy (non-hydrogen) atoms. The molecule has 0 radical (unpaired) electrons. The Morgan fingerprint density at radius 3 is 2.16 bits per heavy atom. The van der Waals surface area contributed by atoms with Crippen LogP contribution < -0.4 is 10.0 Å². The highest BCUT2D eigenvalue weighted by Gasteiger charge is 2.19. The Balaban J connectivity index is 1.80. The maximum atomic E-state index is 12.8. The van der Waals surface area contributed by atoms with Crippen LogP contribution in [0.3, 0.4) is 0 Å². The van der Waals surface area contributed by atoms with Crippen molar-refractivity contribution in [1.82, 2.24) is 0 Å². The zero-order valence-electron chi connectivity index (χ0n) is 16.2. The predicted octanol–water partition coefficient (Wildman–Crippen LogP) is 5.22. The Kier molecular flexibility index (Phi) is 7.68. The molecule has 0 bridgehead atoms. The highest BCUT2D eigenvalue weighted by Crippen LogP contribution is 2.26. The van der Waals surface area contributed by atoms with Gasteiger partial charge in [-0.3, -0.25) is 14.3 Å². The first-order chi connectivity index (χ1) is 15.1. The lowest BCUT2D eigenvalue weighted by Gasteiger charge is -2.14. The molecule has 0 aliphatic carbocycles. The fourth-order valence-corrected chi connectivity index (χ4v) is 4.59. The van der Waals surface area contributed by atoms with Gasteiger partial charge in [0.1, 0.15) is 0 Å². The van der Waals surface area contributed by atoms with Crippen LogP contribution in [0, 0.1) is 0 Å². The molecule has 3 aromatic rings. The molecule has 0 fully saturated rings. The summed E-state index contributed by atoms with van der Waals surface area (Å²) in [6.45, 7) is 0. The number of halogens is 2. The molecule has 0 unspecified atom stereocenters. The van der Waals surface area contributed by atoms with Crippen LogP contribution in [-0.4, -0.2) is 31.2 Å². The Morgan fingerprint density at radius 1 is 0.906 bits per heavy atom. The summed E-state index contributed by atoms with van der Waals surface area (Å²) >= 11 is 13.0. The van der Waals surface area contributed by atoms with E-state index < -0.39 is 21.9 Å². The molecule has 0 aliphatic rings. The number of thioether (sulfide) groups is 1. The lowest BCUT2D eigenvalue weighted by molar-refractivity contribution is -0.133. The number of carbonyl (C=O) groups excluding carboxylic acids is 1. The van der Waals surface area contributed by atoms with Crippen LogP contribution in [0.15, 0.2) is 76.5 Å². The van der Waals surface area contributed by atoms with E-state index >= 15 is 0 Å². The zero-order valence-corrected chi connectivity index (χ0v) is 19.4. The van der Waals surface area contributed by atoms with Gasteiger partial charge in [0.15, 0.2) is 0 Å². The van der Waals surface area contributed by atoms with Crippen molar-refractivity contribution in [3.63, 3.8) is 0 Å². The Bertz CT molecular complexity index is 1250. The molecule has 166 valence electrons. The summed E-state index contributed by atoms with van der Waals surface area (Å²) in [7, 11) is -3.97. The number of rotatable bonds is 8. The second kappa shape index (κ2) is 10.3. The van der Waals surface area contributed by atoms with Crippen LogP contribution in [0.5, 0.6) is 0 Å². The van der Waals surface area contributed by atoms with E-state index in [1.165, 1.54) is 42.5 Å². The van der Waals surface area contributed by atoms with Crippen LogP contribution in [-0.2, 0) is 14.8 Å². The van der Waals surface area contributed by atoms with Crippen LogP contribution in [0.2, 0.25) is 10.0 Å². The first-order valence-corrected chi connectivity index (χ1v) is 12.2. The molecule has 0 heterocycles. The third kappa shape index (κ3) is 6.39. The molecule has 0 saturated carbocycles. The topological polar surface area (TPSA) is 113 Å². The number of anilines is 2.